The molecule has 0 aliphatic carbocycles. The normalized spacial score (nSPS) is 32.2. The van der Waals surface area contributed by atoms with Gasteiger partial charge in [0, 0.05) is 35.3 Å². The van der Waals surface area contributed by atoms with E-state index in [0.717, 1.165) is 25.7 Å². The Bertz CT molecular complexity index is 817. The number of hydrogen-bond donors (Lipinski definition) is 3. The lowest BCUT2D eigenvalue weighted by Gasteiger charge is -2.39. The van der Waals surface area contributed by atoms with Gasteiger partial charge in [-0.25, -0.2) is 0 Å². The van der Waals surface area contributed by atoms with E-state index < -0.39 is 28.2 Å². The molecule has 3 rings (SSSR count). The molecule has 3 N–H and O–H groups in total. The van der Waals surface area contributed by atoms with Gasteiger partial charge in [0.2, 0.25) is 17.7 Å². The fourth-order valence-corrected chi connectivity index (χ4v) is 10.3. The first-order valence-corrected chi connectivity index (χ1v) is 14.9. The Morgan fingerprint density at radius 2 is 1.86 bits per heavy atom. The fourth-order valence-electron chi connectivity index (χ4n) is 6.68. The topological polar surface area (TPSA) is 98.7 Å². The SMILES string of the molecule is CCCNC(=O)[C@H]1[C@@H]2SC3(CC2Br)C(C(=O)NC(C)(C)CC(C)(C)C)N(CCCCCO)C(=O)[C@H]13. The Balaban J connectivity index is 1.94. The molecule has 3 amide bonds. The Morgan fingerprint density at radius 1 is 1.17 bits per heavy atom. The first-order valence-electron chi connectivity index (χ1n) is 13.1. The van der Waals surface area contributed by atoms with Gasteiger partial charge in [0.05, 0.1) is 16.6 Å². The molecule has 35 heavy (non-hydrogen) atoms. The van der Waals surface area contributed by atoms with Crippen LogP contribution in [0.25, 0.3) is 0 Å². The van der Waals surface area contributed by atoms with Gasteiger partial charge in [-0.15, -0.1) is 11.8 Å². The highest BCUT2D eigenvalue weighted by Gasteiger charge is 2.75. The minimum atomic E-state index is -0.608. The van der Waals surface area contributed by atoms with Crippen LogP contribution in [-0.2, 0) is 14.4 Å². The molecule has 200 valence electrons. The number of carbonyl (C=O) groups is 3. The molecule has 3 fully saturated rings. The highest BCUT2D eigenvalue weighted by Crippen LogP contribution is 2.67. The summed E-state index contributed by atoms with van der Waals surface area (Å²) in [7, 11) is 0. The molecular formula is C26H44BrN3O4S. The van der Waals surface area contributed by atoms with E-state index in [2.05, 4.69) is 47.3 Å². The smallest absolute Gasteiger partial charge is 0.244 e. The van der Waals surface area contributed by atoms with Crippen molar-refractivity contribution in [3.63, 3.8) is 0 Å². The zero-order chi connectivity index (χ0) is 26.2. The van der Waals surface area contributed by atoms with Crippen LogP contribution in [-0.4, -0.2) is 73.8 Å². The van der Waals surface area contributed by atoms with Crippen LogP contribution < -0.4 is 10.6 Å². The van der Waals surface area contributed by atoms with E-state index in [0.29, 0.717) is 25.9 Å². The molecule has 3 unspecified atom stereocenters. The molecule has 0 aromatic carbocycles. The molecule has 0 radical (unpaired) electrons. The van der Waals surface area contributed by atoms with Gasteiger partial charge in [-0.05, 0) is 57.8 Å². The van der Waals surface area contributed by atoms with Gasteiger partial charge in [0.1, 0.15) is 6.04 Å². The third-order valence-corrected chi connectivity index (χ3v) is 10.6. The molecular weight excluding hydrogens is 530 g/mol. The van der Waals surface area contributed by atoms with Gasteiger partial charge < -0.3 is 20.6 Å². The lowest BCUT2D eigenvalue weighted by molar-refractivity contribution is -0.140. The summed E-state index contributed by atoms with van der Waals surface area (Å²) < 4.78 is -0.608. The van der Waals surface area contributed by atoms with Gasteiger partial charge in [0.25, 0.3) is 0 Å². The number of halogens is 1. The van der Waals surface area contributed by atoms with Crippen LogP contribution in [0.3, 0.4) is 0 Å². The molecule has 9 heteroatoms. The monoisotopic (exact) mass is 573 g/mol. The van der Waals surface area contributed by atoms with Crippen molar-refractivity contribution >= 4 is 45.4 Å². The van der Waals surface area contributed by atoms with Crippen molar-refractivity contribution in [1.29, 1.82) is 0 Å². The largest absolute Gasteiger partial charge is 0.396 e. The summed E-state index contributed by atoms with van der Waals surface area (Å²) in [4.78, 5) is 43.0. The van der Waals surface area contributed by atoms with Crippen molar-refractivity contribution in [2.75, 3.05) is 19.7 Å². The molecule has 2 bridgehead atoms. The van der Waals surface area contributed by atoms with Crippen molar-refractivity contribution in [1.82, 2.24) is 15.5 Å². The standard InChI is InChI=1S/C26H44BrN3O4S/c1-7-11-28-21(32)17-18-23(34)30(12-9-8-10-13-31)20(26(18)14-16(27)19(17)35-26)22(33)29-25(5,6)15-24(2,3)4/h16-20,31H,7-15H2,1-6H3,(H,28,32)(H,29,33)/t16?,17-,18+,19-,20?,26?/m1/s1. The second kappa shape index (κ2) is 10.9. The van der Waals surface area contributed by atoms with Crippen LogP contribution in [0.2, 0.25) is 0 Å². The van der Waals surface area contributed by atoms with Crippen molar-refractivity contribution in [2.45, 2.75) is 106 Å². The first kappa shape index (κ1) is 28.8. The number of thioether (sulfide) groups is 1. The van der Waals surface area contributed by atoms with Crippen LogP contribution in [0.5, 0.6) is 0 Å². The van der Waals surface area contributed by atoms with Crippen LogP contribution in [0.1, 0.15) is 80.1 Å². The number of hydrogen-bond acceptors (Lipinski definition) is 5. The number of nitrogens with one attached hydrogen (secondary N) is 2. The van der Waals surface area contributed by atoms with Crippen LogP contribution in [0.15, 0.2) is 0 Å². The quantitative estimate of drug-likeness (QED) is 0.259. The number of aliphatic hydroxyl groups excluding tert-OH is 1. The Hall–Kier alpha value is -0.800. The van der Waals surface area contributed by atoms with Crippen molar-refractivity contribution < 1.29 is 19.5 Å². The molecule has 3 heterocycles. The molecule has 6 atom stereocenters. The van der Waals surface area contributed by atoms with Gasteiger partial charge in [-0.3, -0.25) is 14.4 Å². The maximum Gasteiger partial charge on any atom is 0.244 e. The van der Waals surface area contributed by atoms with E-state index in [-0.39, 0.29) is 39.8 Å². The number of unbranched alkanes of at least 4 members (excludes halogenated alkanes) is 2. The molecule has 3 aliphatic heterocycles. The number of nitrogens with zero attached hydrogens (tertiary/aromatic N) is 1. The van der Waals surface area contributed by atoms with E-state index in [1.165, 1.54) is 0 Å². The number of fused-ring (bicyclic) bond motifs is 1. The Kier molecular flexibility index (Phi) is 8.96. The van der Waals surface area contributed by atoms with E-state index in [4.69, 9.17) is 0 Å². The van der Waals surface area contributed by atoms with E-state index in [1.807, 2.05) is 20.8 Å². The fraction of sp³-hybridized carbons (Fsp3) is 0.885. The van der Waals surface area contributed by atoms with Crippen molar-refractivity contribution in [3.8, 4) is 0 Å². The van der Waals surface area contributed by atoms with Crippen molar-refractivity contribution in [2.24, 2.45) is 17.3 Å². The molecule has 0 saturated carbocycles. The maximum atomic E-state index is 14.0. The minimum Gasteiger partial charge on any atom is -0.396 e. The highest BCUT2D eigenvalue weighted by molar-refractivity contribution is 9.09. The number of rotatable bonds is 11. The molecule has 3 saturated heterocycles. The summed E-state index contributed by atoms with van der Waals surface area (Å²) in [5.74, 6) is -1.16. The summed E-state index contributed by atoms with van der Waals surface area (Å²) in [5, 5.41) is 15.5. The van der Waals surface area contributed by atoms with Gasteiger partial charge >= 0.3 is 0 Å². The lowest BCUT2D eigenvalue weighted by Crippen LogP contribution is -2.58. The maximum absolute atomic E-state index is 14.0. The number of aliphatic hydroxyl groups is 1. The van der Waals surface area contributed by atoms with Crippen LogP contribution in [0, 0.1) is 17.3 Å². The lowest BCUT2D eigenvalue weighted by atomic mass is 9.70. The summed E-state index contributed by atoms with van der Waals surface area (Å²) in [6, 6.07) is -0.604. The van der Waals surface area contributed by atoms with Crippen molar-refractivity contribution in [3.05, 3.63) is 0 Å². The minimum absolute atomic E-state index is 0.0183. The number of carbonyl (C=O) groups excluding carboxylic acids is 3. The number of alkyl halides is 1. The molecule has 0 aromatic rings. The zero-order valence-corrected chi connectivity index (χ0v) is 24.6. The van der Waals surface area contributed by atoms with E-state index in [9.17, 15) is 19.5 Å². The van der Waals surface area contributed by atoms with E-state index in [1.54, 1.807) is 16.7 Å². The van der Waals surface area contributed by atoms with E-state index >= 15 is 0 Å². The van der Waals surface area contributed by atoms with Gasteiger partial charge in [-0.1, -0.05) is 43.6 Å². The van der Waals surface area contributed by atoms with Gasteiger partial charge in [-0.2, -0.15) is 0 Å². The zero-order valence-electron chi connectivity index (χ0n) is 22.2. The molecule has 7 nitrogen and oxygen atoms in total. The van der Waals surface area contributed by atoms with Crippen LogP contribution >= 0.6 is 27.7 Å². The Morgan fingerprint density at radius 3 is 2.46 bits per heavy atom. The molecule has 1 spiro atoms. The summed E-state index contributed by atoms with van der Waals surface area (Å²) in [5.41, 5.74) is -0.389. The second-order valence-electron chi connectivity index (χ2n) is 12.4. The third kappa shape index (κ3) is 5.87. The predicted octanol–water partition coefficient (Wildman–Crippen LogP) is 3.47. The highest BCUT2D eigenvalue weighted by atomic mass is 79.9. The average Bonchev–Trinajstić information content (AvgIpc) is 3.30. The molecule has 3 aliphatic rings. The summed E-state index contributed by atoms with van der Waals surface area (Å²) in [6.45, 7) is 13.7. The van der Waals surface area contributed by atoms with Gasteiger partial charge in [0.15, 0.2) is 0 Å². The third-order valence-electron chi connectivity index (χ3n) is 7.38. The Labute approximate surface area is 223 Å². The number of amides is 3. The summed E-state index contributed by atoms with van der Waals surface area (Å²) >= 11 is 5.49. The number of likely N-dealkylation sites (tertiary alicyclic amines) is 1. The second-order valence-corrected chi connectivity index (χ2v) is 15.1. The predicted molar refractivity (Wildman–Crippen MR) is 144 cm³/mol. The first-order chi connectivity index (χ1) is 16.3. The summed E-state index contributed by atoms with van der Waals surface area (Å²) in [6.07, 6.45) is 4.53. The van der Waals surface area contributed by atoms with Crippen LogP contribution in [0.4, 0.5) is 0 Å². The average molecular weight is 575 g/mol. The molecule has 0 aromatic heterocycles.